The predicted octanol–water partition coefficient (Wildman–Crippen LogP) is 2.94. The van der Waals surface area contributed by atoms with Crippen LogP contribution >= 0.6 is 0 Å². The fraction of sp³-hybridized carbons (Fsp3) is 0.647. The molecule has 1 aromatic rings. The molecule has 1 saturated heterocycles. The molecule has 1 aliphatic heterocycles. The molecule has 106 valence electrons. The van der Waals surface area contributed by atoms with Gasteiger partial charge in [0.05, 0.1) is 0 Å². The summed E-state index contributed by atoms with van der Waals surface area (Å²) in [6.45, 7) is 9.55. The second kappa shape index (κ2) is 7.66. The van der Waals surface area contributed by atoms with Gasteiger partial charge < -0.3 is 10.2 Å². The number of likely N-dealkylation sites (tertiary alicyclic amines) is 1. The first kappa shape index (κ1) is 14.5. The van der Waals surface area contributed by atoms with Crippen LogP contribution in [0.5, 0.6) is 0 Å². The molecule has 0 saturated carbocycles. The molecule has 1 heterocycles. The van der Waals surface area contributed by atoms with Gasteiger partial charge in [-0.15, -0.1) is 0 Å². The van der Waals surface area contributed by atoms with Crippen LogP contribution in [0.1, 0.15) is 32.3 Å². The van der Waals surface area contributed by atoms with Crippen LogP contribution in [0.3, 0.4) is 0 Å². The summed E-state index contributed by atoms with van der Waals surface area (Å²) in [6.07, 6.45) is 3.78. The maximum absolute atomic E-state index is 3.71. The van der Waals surface area contributed by atoms with E-state index in [1.165, 1.54) is 51.0 Å². The zero-order valence-electron chi connectivity index (χ0n) is 12.4. The van der Waals surface area contributed by atoms with E-state index in [2.05, 4.69) is 54.4 Å². The highest BCUT2D eigenvalue weighted by Gasteiger charge is 2.20. The lowest BCUT2D eigenvalue weighted by Crippen LogP contribution is -2.32. The molecule has 2 unspecified atom stereocenters. The van der Waals surface area contributed by atoms with E-state index in [0.29, 0.717) is 6.04 Å². The zero-order valence-corrected chi connectivity index (χ0v) is 12.4. The molecular weight excluding hydrogens is 232 g/mol. The lowest BCUT2D eigenvalue weighted by molar-refractivity contribution is 0.335. The Bertz CT molecular complexity index is 350. The van der Waals surface area contributed by atoms with Crippen molar-refractivity contribution in [2.45, 2.75) is 39.2 Å². The van der Waals surface area contributed by atoms with Crippen LogP contribution in [0, 0.1) is 5.92 Å². The van der Waals surface area contributed by atoms with Crippen molar-refractivity contribution in [3.8, 4) is 0 Å². The fourth-order valence-corrected chi connectivity index (χ4v) is 2.86. The Morgan fingerprint density at radius 1 is 1.32 bits per heavy atom. The Labute approximate surface area is 118 Å². The second-order valence-electron chi connectivity index (χ2n) is 5.88. The maximum atomic E-state index is 3.71. The van der Waals surface area contributed by atoms with Gasteiger partial charge in [0.1, 0.15) is 0 Å². The Kier molecular flexibility index (Phi) is 5.87. The molecule has 19 heavy (non-hydrogen) atoms. The maximum Gasteiger partial charge on any atom is 0.00420 e. The van der Waals surface area contributed by atoms with E-state index >= 15 is 0 Å². The number of rotatable bonds is 7. The average Bonchev–Trinajstić information content (AvgIpc) is 2.92. The minimum Gasteiger partial charge on any atom is -0.314 e. The molecule has 2 atom stereocenters. The van der Waals surface area contributed by atoms with Crippen molar-refractivity contribution < 1.29 is 0 Å². The van der Waals surface area contributed by atoms with Crippen LogP contribution in [-0.2, 0) is 6.42 Å². The SMILES string of the molecule is CCN1CCC(CNC(C)CCc2ccccc2)C1. The van der Waals surface area contributed by atoms with Crippen molar-refractivity contribution in [2.24, 2.45) is 5.92 Å². The molecule has 2 nitrogen and oxygen atoms in total. The van der Waals surface area contributed by atoms with Crippen LogP contribution in [-0.4, -0.2) is 37.1 Å². The molecule has 0 aromatic heterocycles. The quantitative estimate of drug-likeness (QED) is 0.811. The zero-order chi connectivity index (χ0) is 13.5. The molecular formula is C17H28N2. The van der Waals surface area contributed by atoms with Crippen LogP contribution in [0.2, 0.25) is 0 Å². The van der Waals surface area contributed by atoms with Crippen molar-refractivity contribution in [1.82, 2.24) is 10.2 Å². The summed E-state index contributed by atoms with van der Waals surface area (Å²) in [5.74, 6) is 0.860. The number of nitrogens with zero attached hydrogens (tertiary/aromatic N) is 1. The minimum absolute atomic E-state index is 0.621. The Balaban J connectivity index is 1.61. The van der Waals surface area contributed by atoms with E-state index in [4.69, 9.17) is 0 Å². The van der Waals surface area contributed by atoms with E-state index in [-0.39, 0.29) is 0 Å². The van der Waals surface area contributed by atoms with Crippen LogP contribution < -0.4 is 5.32 Å². The monoisotopic (exact) mass is 260 g/mol. The van der Waals surface area contributed by atoms with Gasteiger partial charge in [0.25, 0.3) is 0 Å². The van der Waals surface area contributed by atoms with Gasteiger partial charge in [0.2, 0.25) is 0 Å². The average molecular weight is 260 g/mol. The van der Waals surface area contributed by atoms with Crippen LogP contribution in [0.15, 0.2) is 30.3 Å². The summed E-state index contributed by atoms with van der Waals surface area (Å²) in [5.41, 5.74) is 1.45. The summed E-state index contributed by atoms with van der Waals surface area (Å²) < 4.78 is 0. The van der Waals surface area contributed by atoms with Gasteiger partial charge in [0, 0.05) is 12.6 Å². The molecule has 0 amide bonds. The Hall–Kier alpha value is -0.860. The number of aryl methyl sites for hydroxylation is 1. The molecule has 2 heteroatoms. The van der Waals surface area contributed by atoms with Gasteiger partial charge in [-0.25, -0.2) is 0 Å². The second-order valence-corrected chi connectivity index (χ2v) is 5.88. The van der Waals surface area contributed by atoms with Gasteiger partial charge in [-0.1, -0.05) is 37.3 Å². The van der Waals surface area contributed by atoms with E-state index < -0.39 is 0 Å². The van der Waals surface area contributed by atoms with Gasteiger partial charge in [0.15, 0.2) is 0 Å². The van der Waals surface area contributed by atoms with Gasteiger partial charge in [-0.2, -0.15) is 0 Å². The van der Waals surface area contributed by atoms with Crippen molar-refractivity contribution in [3.63, 3.8) is 0 Å². The summed E-state index contributed by atoms with van der Waals surface area (Å²) in [5, 5.41) is 3.71. The smallest absolute Gasteiger partial charge is 0.00420 e. The van der Waals surface area contributed by atoms with E-state index in [9.17, 15) is 0 Å². The summed E-state index contributed by atoms with van der Waals surface area (Å²) in [4.78, 5) is 2.56. The van der Waals surface area contributed by atoms with Crippen LogP contribution in [0.4, 0.5) is 0 Å². The number of nitrogens with one attached hydrogen (secondary N) is 1. The lowest BCUT2D eigenvalue weighted by atomic mass is 10.0. The summed E-state index contributed by atoms with van der Waals surface area (Å²) >= 11 is 0. The highest BCUT2D eigenvalue weighted by Crippen LogP contribution is 2.15. The third-order valence-corrected chi connectivity index (χ3v) is 4.28. The van der Waals surface area contributed by atoms with E-state index in [0.717, 1.165) is 5.92 Å². The molecule has 1 aliphatic rings. The van der Waals surface area contributed by atoms with Gasteiger partial charge in [-0.05, 0) is 57.3 Å². The third kappa shape index (κ3) is 4.96. The minimum atomic E-state index is 0.621. The summed E-state index contributed by atoms with van der Waals surface area (Å²) in [7, 11) is 0. The number of hydrogen-bond acceptors (Lipinski definition) is 2. The topological polar surface area (TPSA) is 15.3 Å². The highest BCUT2D eigenvalue weighted by atomic mass is 15.1. The third-order valence-electron chi connectivity index (χ3n) is 4.28. The fourth-order valence-electron chi connectivity index (χ4n) is 2.86. The Morgan fingerprint density at radius 2 is 2.11 bits per heavy atom. The predicted molar refractivity (Wildman–Crippen MR) is 82.4 cm³/mol. The van der Waals surface area contributed by atoms with E-state index in [1.54, 1.807) is 0 Å². The first-order chi connectivity index (χ1) is 9.28. The Morgan fingerprint density at radius 3 is 2.79 bits per heavy atom. The van der Waals surface area contributed by atoms with Gasteiger partial charge in [-0.3, -0.25) is 0 Å². The van der Waals surface area contributed by atoms with Gasteiger partial charge >= 0.3 is 0 Å². The largest absolute Gasteiger partial charge is 0.314 e. The van der Waals surface area contributed by atoms with Crippen molar-refractivity contribution in [1.29, 1.82) is 0 Å². The molecule has 1 aromatic carbocycles. The molecule has 1 N–H and O–H groups in total. The normalized spacial score (nSPS) is 21.7. The first-order valence-corrected chi connectivity index (χ1v) is 7.77. The number of benzene rings is 1. The van der Waals surface area contributed by atoms with Crippen molar-refractivity contribution >= 4 is 0 Å². The molecule has 0 bridgehead atoms. The van der Waals surface area contributed by atoms with E-state index in [1.807, 2.05) is 0 Å². The molecule has 2 rings (SSSR count). The molecule has 1 fully saturated rings. The highest BCUT2D eigenvalue weighted by molar-refractivity contribution is 5.14. The van der Waals surface area contributed by atoms with Crippen molar-refractivity contribution in [3.05, 3.63) is 35.9 Å². The molecule has 0 aliphatic carbocycles. The summed E-state index contributed by atoms with van der Waals surface area (Å²) in [6, 6.07) is 11.4. The molecule has 0 spiro atoms. The van der Waals surface area contributed by atoms with Crippen molar-refractivity contribution in [2.75, 3.05) is 26.2 Å². The lowest BCUT2D eigenvalue weighted by Gasteiger charge is -2.18. The molecule has 0 radical (unpaired) electrons. The standard InChI is InChI=1S/C17H28N2/c1-3-19-12-11-17(14-19)13-18-15(2)9-10-16-7-5-4-6-8-16/h4-8,15,17-18H,3,9-14H2,1-2H3. The number of hydrogen-bond donors (Lipinski definition) is 1. The van der Waals surface area contributed by atoms with Crippen LogP contribution in [0.25, 0.3) is 0 Å². The first-order valence-electron chi connectivity index (χ1n) is 7.77.